The van der Waals surface area contributed by atoms with Gasteiger partial charge in [0.2, 0.25) is 0 Å². The number of benzene rings is 1. The molecule has 1 heterocycles. The van der Waals surface area contributed by atoms with Crippen molar-refractivity contribution in [2.75, 3.05) is 0 Å². The van der Waals surface area contributed by atoms with Crippen LogP contribution in [0.4, 0.5) is 0 Å². The monoisotopic (exact) mass is 233 g/mol. The average Bonchev–Trinajstić information content (AvgIpc) is 2.49. The highest BCUT2D eigenvalue weighted by Crippen LogP contribution is 2.13. The standard InChI is InChI=1S/C8H7N3O.2ClH/c9-8(12)5-2-1-3-6-7(5)11-4-10-6;;/h1-4H,(H2,9,12)(H,10,11);2*1H. The highest BCUT2D eigenvalue weighted by atomic mass is 35.5. The van der Waals surface area contributed by atoms with Gasteiger partial charge in [0.1, 0.15) is 5.52 Å². The molecule has 0 radical (unpaired) electrons. The fraction of sp³-hybridized carbons (Fsp3) is 0. The molecule has 2 rings (SSSR count). The van der Waals surface area contributed by atoms with E-state index in [1.54, 1.807) is 12.1 Å². The molecule has 2 aromatic rings. The predicted octanol–water partition coefficient (Wildman–Crippen LogP) is 1.51. The number of carbonyl (C=O) groups is 1. The molecular formula is C8H9Cl2N3O. The van der Waals surface area contributed by atoms with E-state index in [1.165, 1.54) is 6.33 Å². The predicted molar refractivity (Wildman–Crippen MR) is 59.1 cm³/mol. The van der Waals surface area contributed by atoms with Crippen molar-refractivity contribution in [2.45, 2.75) is 0 Å². The summed E-state index contributed by atoms with van der Waals surface area (Å²) in [6.45, 7) is 0. The first-order chi connectivity index (χ1) is 5.79. The Bertz CT molecular complexity index is 441. The van der Waals surface area contributed by atoms with Crippen molar-refractivity contribution < 1.29 is 4.79 Å². The molecule has 1 aromatic heterocycles. The number of aromatic amines is 1. The molecule has 0 saturated heterocycles. The molecule has 3 N–H and O–H groups in total. The van der Waals surface area contributed by atoms with Gasteiger partial charge in [-0.2, -0.15) is 0 Å². The summed E-state index contributed by atoms with van der Waals surface area (Å²) >= 11 is 0. The third-order valence-electron chi connectivity index (χ3n) is 1.72. The first-order valence-electron chi connectivity index (χ1n) is 3.51. The van der Waals surface area contributed by atoms with Gasteiger partial charge < -0.3 is 10.7 Å². The van der Waals surface area contributed by atoms with E-state index in [0.717, 1.165) is 5.52 Å². The molecule has 0 aliphatic heterocycles. The number of hydrogen-bond acceptors (Lipinski definition) is 2. The van der Waals surface area contributed by atoms with E-state index in [4.69, 9.17) is 5.73 Å². The number of para-hydroxylation sites is 1. The van der Waals surface area contributed by atoms with Crippen molar-refractivity contribution in [1.82, 2.24) is 9.97 Å². The summed E-state index contributed by atoms with van der Waals surface area (Å²) in [6, 6.07) is 5.26. The summed E-state index contributed by atoms with van der Waals surface area (Å²) in [6.07, 6.45) is 1.54. The van der Waals surface area contributed by atoms with E-state index in [0.29, 0.717) is 11.1 Å². The lowest BCUT2D eigenvalue weighted by Gasteiger charge is -1.94. The van der Waals surface area contributed by atoms with Crippen molar-refractivity contribution in [1.29, 1.82) is 0 Å². The molecule has 0 aliphatic carbocycles. The zero-order valence-electron chi connectivity index (χ0n) is 7.06. The Balaban J connectivity index is 0.000000845. The van der Waals surface area contributed by atoms with Crippen molar-refractivity contribution in [3.05, 3.63) is 30.1 Å². The topological polar surface area (TPSA) is 71.8 Å². The van der Waals surface area contributed by atoms with E-state index in [2.05, 4.69) is 9.97 Å². The number of imidazole rings is 1. The molecule has 6 heteroatoms. The van der Waals surface area contributed by atoms with Crippen LogP contribution in [0.25, 0.3) is 11.0 Å². The molecule has 0 saturated carbocycles. The van der Waals surface area contributed by atoms with Gasteiger partial charge in [-0.05, 0) is 12.1 Å². The molecule has 0 bridgehead atoms. The van der Waals surface area contributed by atoms with Gasteiger partial charge in [-0.1, -0.05) is 6.07 Å². The van der Waals surface area contributed by atoms with Gasteiger partial charge in [-0.15, -0.1) is 24.8 Å². The third-order valence-corrected chi connectivity index (χ3v) is 1.72. The number of H-pyrrole nitrogens is 1. The summed E-state index contributed by atoms with van der Waals surface area (Å²) in [7, 11) is 0. The summed E-state index contributed by atoms with van der Waals surface area (Å²) in [5.74, 6) is -0.451. The normalized spacial score (nSPS) is 8.86. The number of nitrogens with zero attached hydrogens (tertiary/aromatic N) is 1. The summed E-state index contributed by atoms with van der Waals surface area (Å²) in [4.78, 5) is 17.8. The molecule has 4 nitrogen and oxygen atoms in total. The number of nitrogens with two attached hydrogens (primary N) is 1. The quantitative estimate of drug-likeness (QED) is 0.784. The zero-order chi connectivity index (χ0) is 8.55. The van der Waals surface area contributed by atoms with Crippen molar-refractivity contribution in [2.24, 2.45) is 5.73 Å². The maximum absolute atomic E-state index is 10.9. The average molecular weight is 234 g/mol. The van der Waals surface area contributed by atoms with E-state index < -0.39 is 5.91 Å². The van der Waals surface area contributed by atoms with Crippen LogP contribution in [0.5, 0.6) is 0 Å². The van der Waals surface area contributed by atoms with Crippen LogP contribution < -0.4 is 5.73 Å². The Kier molecular flexibility index (Phi) is 4.40. The second kappa shape index (κ2) is 4.83. The fourth-order valence-electron chi connectivity index (χ4n) is 1.16. The molecule has 0 spiro atoms. The highest BCUT2D eigenvalue weighted by Gasteiger charge is 2.06. The third kappa shape index (κ3) is 1.97. The highest BCUT2D eigenvalue weighted by molar-refractivity contribution is 6.03. The minimum Gasteiger partial charge on any atom is -0.366 e. The van der Waals surface area contributed by atoms with Crippen LogP contribution in [-0.2, 0) is 0 Å². The number of rotatable bonds is 1. The van der Waals surface area contributed by atoms with Crippen LogP contribution in [0.3, 0.4) is 0 Å². The Hall–Kier alpha value is -1.26. The minimum atomic E-state index is -0.451. The lowest BCUT2D eigenvalue weighted by molar-refractivity contribution is 0.100. The Morgan fingerprint density at radius 2 is 2.07 bits per heavy atom. The van der Waals surface area contributed by atoms with Crippen LogP contribution in [0.1, 0.15) is 10.4 Å². The first kappa shape index (κ1) is 12.7. The van der Waals surface area contributed by atoms with Crippen LogP contribution in [-0.4, -0.2) is 15.9 Å². The van der Waals surface area contributed by atoms with Gasteiger partial charge in [-0.3, -0.25) is 4.79 Å². The van der Waals surface area contributed by atoms with E-state index >= 15 is 0 Å². The van der Waals surface area contributed by atoms with Crippen LogP contribution in [0.2, 0.25) is 0 Å². The largest absolute Gasteiger partial charge is 0.366 e. The SMILES string of the molecule is Cl.Cl.NC(=O)c1cccc2[nH]cnc12. The number of fused-ring (bicyclic) bond motifs is 1. The smallest absolute Gasteiger partial charge is 0.250 e. The molecule has 0 atom stereocenters. The maximum Gasteiger partial charge on any atom is 0.250 e. The summed E-state index contributed by atoms with van der Waals surface area (Å²) in [5.41, 5.74) is 7.05. The van der Waals surface area contributed by atoms with E-state index in [9.17, 15) is 4.79 Å². The van der Waals surface area contributed by atoms with Gasteiger partial charge in [0.25, 0.3) is 5.91 Å². The maximum atomic E-state index is 10.9. The Morgan fingerprint density at radius 3 is 2.71 bits per heavy atom. The number of halogens is 2. The van der Waals surface area contributed by atoms with Crippen LogP contribution in [0.15, 0.2) is 24.5 Å². The second-order valence-electron chi connectivity index (χ2n) is 2.47. The zero-order valence-corrected chi connectivity index (χ0v) is 8.69. The van der Waals surface area contributed by atoms with Crippen molar-refractivity contribution in [3.63, 3.8) is 0 Å². The fourth-order valence-corrected chi connectivity index (χ4v) is 1.16. The number of aromatic nitrogens is 2. The number of primary amides is 1. The summed E-state index contributed by atoms with van der Waals surface area (Å²) in [5, 5.41) is 0. The number of hydrogen-bond donors (Lipinski definition) is 2. The van der Waals surface area contributed by atoms with Crippen LogP contribution in [0, 0.1) is 0 Å². The Labute approximate surface area is 92.7 Å². The number of amides is 1. The van der Waals surface area contributed by atoms with Crippen molar-refractivity contribution in [3.8, 4) is 0 Å². The lowest BCUT2D eigenvalue weighted by atomic mass is 10.2. The number of carbonyl (C=O) groups excluding carboxylic acids is 1. The lowest BCUT2D eigenvalue weighted by Crippen LogP contribution is -2.11. The molecule has 76 valence electrons. The van der Waals surface area contributed by atoms with E-state index in [1.807, 2.05) is 6.07 Å². The van der Waals surface area contributed by atoms with Gasteiger partial charge >= 0.3 is 0 Å². The molecule has 0 fully saturated rings. The van der Waals surface area contributed by atoms with Gasteiger partial charge in [-0.25, -0.2) is 4.98 Å². The first-order valence-corrected chi connectivity index (χ1v) is 3.51. The van der Waals surface area contributed by atoms with Crippen LogP contribution >= 0.6 is 24.8 Å². The number of nitrogens with one attached hydrogen (secondary N) is 1. The molecule has 0 unspecified atom stereocenters. The Morgan fingerprint density at radius 1 is 1.36 bits per heavy atom. The molecular weight excluding hydrogens is 225 g/mol. The molecule has 14 heavy (non-hydrogen) atoms. The second-order valence-corrected chi connectivity index (χ2v) is 2.47. The van der Waals surface area contributed by atoms with Gasteiger partial charge in [0.05, 0.1) is 17.4 Å². The molecule has 1 aromatic carbocycles. The van der Waals surface area contributed by atoms with Gasteiger partial charge in [0.15, 0.2) is 0 Å². The van der Waals surface area contributed by atoms with Crippen molar-refractivity contribution >= 4 is 41.8 Å². The van der Waals surface area contributed by atoms with E-state index in [-0.39, 0.29) is 24.8 Å². The summed E-state index contributed by atoms with van der Waals surface area (Å²) < 4.78 is 0. The molecule has 1 amide bonds. The van der Waals surface area contributed by atoms with Gasteiger partial charge in [0, 0.05) is 0 Å². The molecule has 0 aliphatic rings. The minimum absolute atomic E-state index is 0.